The molecule has 0 fully saturated rings. The summed E-state index contributed by atoms with van der Waals surface area (Å²) in [5.41, 5.74) is 2.00. The van der Waals surface area contributed by atoms with Gasteiger partial charge in [0, 0.05) is 30.8 Å². The van der Waals surface area contributed by atoms with Crippen molar-refractivity contribution in [3.8, 4) is 11.4 Å². The lowest BCUT2D eigenvalue weighted by Gasteiger charge is -2.18. The van der Waals surface area contributed by atoms with Crippen molar-refractivity contribution in [2.24, 2.45) is 0 Å². The Morgan fingerprint density at radius 2 is 1.77 bits per heavy atom. The fraction of sp³-hybridized carbons (Fsp3) is 0.238. The zero-order valence-electron chi connectivity index (χ0n) is 17.5. The van der Waals surface area contributed by atoms with Crippen LogP contribution in [0.2, 0.25) is 0 Å². The first kappa shape index (κ1) is 22.3. The molecule has 0 aliphatic heterocycles. The minimum absolute atomic E-state index is 0.0496. The molecular formula is C21H22N4O5S. The van der Waals surface area contributed by atoms with Gasteiger partial charge >= 0.3 is 0 Å². The first-order valence-corrected chi connectivity index (χ1v) is 10.8. The van der Waals surface area contributed by atoms with Crippen molar-refractivity contribution in [3.63, 3.8) is 0 Å². The monoisotopic (exact) mass is 442 g/mol. The Morgan fingerprint density at radius 3 is 2.35 bits per heavy atom. The number of sulfonamides is 1. The Labute approximate surface area is 180 Å². The highest BCUT2D eigenvalue weighted by Crippen LogP contribution is 2.25. The number of hydrogen-bond donors (Lipinski definition) is 1. The second-order valence-electron chi connectivity index (χ2n) is 7.06. The Morgan fingerprint density at radius 1 is 1.10 bits per heavy atom. The third-order valence-electron chi connectivity index (χ3n) is 4.60. The van der Waals surface area contributed by atoms with E-state index in [1.165, 1.54) is 20.0 Å². The van der Waals surface area contributed by atoms with Crippen LogP contribution in [0.4, 0.5) is 5.69 Å². The number of hydrogen-bond acceptors (Lipinski definition) is 7. The van der Waals surface area contributed by atoms with Gasteiger partial charge in [0.05, 0.1) is 11.4 Å². The number of carbonyl (C=O) groups excluding carboxylic acids is 2. The van der Waals surface area contributed by atoms with E-state index in [2.05, 4.69) is 15.5 Å². The molecule has 1 amide bonds. The van der Waals surface area contributed by atoms with Gasteiger partial charge in [-0.25, -0.2) is 8.42 Å². The van der Waals surface area contributed by atoms with Crippen molar-refractivity contribution in [1.82, 2.24) is 14.4 Å². The number of likely N-dealkylation sites (N-methyl/N-ethyl adjacent to an activating group) is 1. The van der Waals surface area contributed by atoms with E-state index in [1.54, 1.807) is 50.2 Å². The van der Waals surface area contributed by atoms with E-state index in [1.807, 2.05) is 0 Å². The van der Waals surface area contributed by atoms with E-state index < -0.39 is 15.9 Å². The molecule has 3 aromatic rings. The molecule has 31 heavy (non-hydrogen) atoms. The van der Waals surface area contributed by atoms with E-state index in [9.17, 15) is 18.0 Å². The molecule has 0 atom stereocenters. The maximum atomic E-state index is 13.1. The van der Waals surface area contributed by atoms with Crippen molar-refractivity contribution >= 4 is 27.4 Å². The van der Waals surface area contributed by atoms with E-state index in [-0.39, 0.29) is 23.0 Å². The summed E-state index contributed by atoms with van der Waals surface area (Å²) in [7, 11) is -2.63. The number of nitrogens with one attached hydrogen (secondary N) is 1. The summed E-state index contributed by atoms with van der Waals surface area (Å²) in [6, 6.07) is 11.2. The summed E-state index contributed by atoms with van der Waals surface area (Å²) in [6.45, 7) is 4.37. The Hall–Kier alpha value is -3.37. The summed E-state index contributed by atoms with van der Waals surface area (Å²) in [6.07, 6.45) is 0. The van der Waals surface area contributed by atoms with Crippen molar-refractivity contribution < 1.29 is 22.5 Å². The maximum absolute atomic E-state index is 13.1. The van der Waals surface area contributed by atoms with E-state index in [0.717, 1.165) is 4.31 Å². The van der Waals surface area contributed by atoms with Crippen molar-refractivity contribution in [2.75, 3.05) is 18.9 Å². The number of aromatic nitrogens is 2. The number of nitrogens with zero attached hydrogens (tertiary/aromatic N) is 3. The average molecular weight is 442 g/mol. The smallest absolute Gasteiger partial charge is 0.243 e. The molecule has 2 aromatic carbocycles. The molecule has 0 unspecified atom stereocenters. The number of Topliss-reactive ketones (excluding diaryl/α,β-unsaturated/α-hetero) is 1. The molecule has 0 radical (unpaired) electrons. The molecule has 0 spiro atoms. The molecule has 10 heteroatoms. The summed E-state index contributed by atoms with van der Waals surface area (Å²) >= 11 is 0. The van der Waals surface area contributed by atoms with Crippen LogP contribution < -0.4 is 5.32 Å². The van der Waals surface area contributed by atoms with Crippen LogP contribution in [0.1, 0.15) is 28.7 Å². The second kappa shape index (κ2) is 8.78. The molecule has 0 aliphatic carbocycles. The van der Waals surface area contributed by atoms with E-state index in [0.29, 0.717) is 28.3 Å². The molecule has 3 rings (SSSR count). The number of anilines is 1. The lowest BCUT2D eigenvalue weighted by molar-refractivity contribution is -0.116. The van der Waals surface area contributed by atoms with Gasteiger partial charge in [-0.15, -0.1) is 0 Å². The van der Waals surface area contributed by atoms with Crippen LogP contribution in [-0.4, -0.2) is 48.1 Å². The number of benzene rings is 2. The number of ketones is 1. The highest BCUT2D eigenvalue weighted by Gasteiger charge is 2.26. The summed E-state index contributed by atoms with van der Waals surface area (Å²) in [4.78, 5) is 27.9. The third-order valence-corrected chi connectivity index (χ3v) is 6.55. The molecular weight excluding hydrogens is 420 g/mol. The summed E-state index contributed by atoms with van der Waals surface area (Å²) in [5.74, 6) is 0.0509. The topological polar surface area (TPSA) is 122 Å². The minimum atomic E-state index is -3.96. The number of rotatable bonds is 7. The molecule has 0 aliphatic rings. The fourth-order valence-electron chi connectivity index (χ4n) is 2.88. The van der Waals surface area contributed by atoms with Crippen LogP contribution >= 0.6 is 0 Å². The molecule has 1 N–H and O–H groups in total. The highest BCUT2D eigenvalue weighted by atomic mass is 32.2. The first-order valence-electron chi connectivity index (χ1n) is 9.36. The van der Waals surface area contributed by atoms with Crippen molar-refractivity contribution in [2.45, 2.75) is 25.7 Å². The predicted octanol–water partition coefficient (Wildman–Crippen LogP) is 2.82. The van der Waals surface area contributed by atoms with E-state index >= 15 is 0 Å². The van der Waals surface area contributed by atoms with Crippen LogP contribution in [0.25, 0.3) is 11.4 Å². The van der Waals surface area contributed by atoms with Gasteiger partial charge in [0.1, 0.15) is 0 Å². The van der Waals surface area contributed by atoms with Crippen LogP contribution in [0, 0.1) is 13.8 Å². The van der Waals surface area contributed by atoms with Crippen LogP contribution in [0.5, 0.6) is 0 Å². The molecule has 0 bridgehead atoms. The van der Waals surface area contributed by atoms with Gasteiger partial charge in [0.2, 0.25) is 27.6 Å². The van der Waals surface area contributed by atoms with Crippen LogP contribution in [-0.2, 0) is 14.8 Å². The van der Waals surface area contributed by atoms with Gasteiger partial charge in [0.25, 0.3) is 0 Å². The Bertz CT molecular complexity index is 1230. The lowest BCUT2D eigenvalue weighted by Crippen LogP contribution is -2.35. The molecule has 0 saturated heterocycles. The average Bonchev–Trinajstić information content (AvgIpc) is 3.14. The SMILES string of the molecule is CC(=O)c1ccc(NC(=O)CN(C)S(=O)(=O)c2cc(-c3noc(C)n3)ccc2C)cc1. The lowest BCUT2D eigenvalue weighted by atomic mass is 10.1. The largest absolute Gasteiger partial charge is 0.339 e. The van der Waals surface area contributed by atoms with E-state index in [4.69, 9.17) is 4.52 Å². The zero-order chi connectivity index (χ0) is 22.8. The predicted molar refractivity (Wildman–Crippen MR) is 114 cm³/mol. The first-order chi connectivity index (χ1) is 14.6. The minimum Gasteiger partial charge on any atom is -0.339 e. The van der Waals surface area contributed by atoms with Gasteiger partial charge < -0.3 is 9.84 Å². The normalized spacial score (nSPS) is 11.5. The summed E-state index contributed by atoms with van der Waals surface area (Å²) < 4.78 is 32.1. The van der Waals surface area contributed by atoms with Gasteiger partial charge in [-0.2, -0.15) is 9.29 Å². The van der Waals surface area contributed by atoms with Gasteiger partial charge in [-0.05, 0) is 49.7 Å². The molecule has 9 nitrogen and oxygen atoms in total. The zero-order valence-corrected chi connectivity index (χ0v) is 18.4. The Balaban J connectivity index is 1.77. The van der Waals surface area contributed by atoms with Crippen LogP contribution in [0.3, 0.4) is 0 Å². The molecule has 162 valence electrons. The quantitative estimate of drug-likeness (QED) is 0.558. The fourth-order valence-corrected chi connectivity index (χ4v) is 4.25. The highest BCUT2D eigenvalue weighted by molar-refractivity contribution is 7.89. The second-order valence-corrected chi connectivity index (χ2v) is 9.07. The van der Waals surface area contributed by atoms with Gasteiger partial charge in [-0.3, -0.25) is 9.59 Å². The maximum Gasteiger partial charge on any atom is 0.243 e. The standard InChI is InChI=1S/C21H22N4O5S/c1-13-5-6-17(21-22-15(3)30-24-21)11-19(13)31(28,29)25(4)12-20(27)23-18-9-7-16(8-10-18)14(2)26/h5-11H,12H2,1-4H3,(H,23,27). The molecule has 1 aromatic heterocycles. The molecule has 1 heterocycles. The Kier molecular flexibility index (Phi) is 6.32. The number of carbonyl (C=O) groups is 2. The third kappa shape index (κ3) is 5.04. The molecule has 0 saturated carbocycles. The van der Waals surface area contributed by atoms with Crippen molar-refractivity contribution in [3.05, 3.63) is 59.5 Å². The van der Waals surface area contributed by atoms with Crippen molar-refractivity contribution in [1.29, 1.82) is 0 Å². The van der Waals surface area contributed by atoms with Gasteiger partial charge in [-0.1, -0.05) is 17.3 Å². The van der Waals surface area contributed by atoms with Crippen LogP contribution in [0.15, 0.2) is 51.9 Å². The summed E-state index contributed by atoms with van der Waals surface area (Å²) in [5, 5.41) is 6.44. The van der Waals surface area contributed by atoms with Gasteiger partial charge in [0.15, 0.2) is 5.78 Å². The number of amides is 1. The number of aryl methyl sites for hydroxylation is 2.